The maximum atomic E-state index is 12.2. The van der Waals surface area contributed by atoms with Gasteiger partial charge in [-0.3, -0.25) is 4.79 Å². The molecule has 2 aromatic rings. The first-order valence-electron chi connectivity index (χ1n) is 8.43. The molecule has 1 fully saturated rings. The van der Waals surface area contributed by atoms with E-state index < -0.39 is 5.79 Å². The number of amides is 1. The van der Waals surface area contributed by atoms with E-state index in [1.807, 2.05) is 6.07 Å². The van der Waals surface area contributed by atoms with Gasteiger partial charge in [-0.15, -0.1) is 0 Å². The lowest BCUT2D eigenvalue weighted by Crippen LogP contribution is -2.34. The average molecular weight is 394 g/mol. The van der Waals surface area contributed by atoms with Crippen molar-refractivity contribution < 1.29 is 19.0 Å². The number of halogens is 2. The van der Waals surface area contributed by atoms with Gasteiger partial charge in [0.25, 0.3) is 11.7 Å². The van der Waals surface area contributed by atoms with Crippen LogP contribution in [0.3, 0.4) is 0 Å². The molecule has 7 heteroatoms. The monoisotopic (exact) mass is 393 g/mol. The highest BCUT2D eigenvalue weighted by Gasteiger charge is 2.44. The number of carbonyl (C=O) groups excluding carboxylic acids is 1. The van der Waals surface area contributed by atoms with E-state index in [1.165, 1.54) is 0 Å². The Bertz CT molecular complexity index is 829. The maximum Gasteiger partial charge on any atom is 0.262 e. The van der Waals surface area contributed by atoms with E-state index in [9.17, 15) is 4.79 Å². The van der Waals surface area contributed by atoms with Crippen molar-refractivity contribution in [1.82, 2.24) is 0 Å². The molecule has 26 heavy (non-hydrogen) atoms. The maximum absolute atomic E-state index is 12.2. The minimum Gasteiger partial charge on any atom is -0.481 e. The lowest BCUT2D eigenvalue weighted by atomic mass is 10.2. The highest BCUT2D eigenvalue weighted by molar-refractivity contribution is 6.37. The normalized spacial score (nSPS) is 16.7. The SMILES string of the molecule is O=C(COc1c(Cl)cccc1Cl)Nc1ccc2c(c1)OC1(CCCC1)O2. The van der Waals surface area contributed by atoms with Gasteiger partial charge in [0.05, 0.1) is 10.0 Å². The van der Waals surface area contributed by atoms with Crippen molar-refractivity contribution in [2.24, 2.45) is 0 Å². The predicted molar refractivity (Wildman–Crippen MR) is 99.5 cm³/mol. The summed E-state index contributed by atoms with van der Waals surface area (Å²) >= 11 is 12.0. The van der Waals surface area contributed by atoms with Crippen molar-refractivity contribution in [2.45, 2.75) is 31.5 Å². The predicted octanol–water partition coefficient (Wildman–Crippen LogP) is 5.05. The third-order valence-electron chi connectivity index (χ3n) is 4.45. The fourth-order valence-electron chi connectivity index (χ4n) is 3.24. The number of fused-ring (bicyclic) bond motifs is 1. The van der Waals surface area contributed by atoms with Crippen molar-refractivity contribution >= 4 is 34.8 Å². The summed E-state index contributed by atoms with van der Waals surface area (Å²) in [6.45, 7) is -0.207. The molecule has 2 aliphatic rings. The number of ether oxygens (including phenoxy) is 3. The topological polar surface area (TPSA) is 56.8 Å². The molecule has 0 atom stereocenters. The minimum atomic E-state index is -0.519. The van der Waals surface area contributed by atoms with Crippen LogP contribution in [0.1, 0.15) is 25.7 Å². The molecule has 1 saturated carbocycles. The fourth-order valence-corrected chi connectivity index (χ4v) is 3.75. The van der Waals surface area contributed by atoms with Crippen LogP contribution in [-0.2, 0) is 4.79 Å². The van der Waals surface area contributed by atoms with E-state index in [-0.39, 0.29) is 12.5 Å². The third kappa shape index (κ3) is 3.41. The van der Waals surface area contributed by atoms with Crippen LogP contribution in [0.15, 0.2) is 36.4 Å². The minimum absolute atomic E-state index is 0.207. The summed E-state index contributed by atoms with van der Waals surface area (Å²) in [5.74, 6) is 0.813. The first-order chi connectivity index (χ1) is 12.5. The van der Waals surface area contributed by atoms with E-state index in [1.54, 1.807) is 30.3 Å². The summed E-state index contributed by atoms with van der Waals surface area (Å²) in [4.78, 5) is 12.2. The summed E-state index contributed by atoms with van der Waals surface area (Å²) in [5, 5.41) is 3.49. The first kappa shape index (κ1) is 17.3. The highest BCUT2D eigenvalue weighted by Crippen LogP contribution is 2.47. The zero-order chi connectivity index (χ0) is 18.1. The fraction of sp³-hybridized carbons (Fsp3) is 0.316. The second kappa shape index (κ2) is 6.89. The summed E-state index contributed by atoms with van der Waals surface area (Å²) in [5.41, 5.74) is 0.612. The zero-order valence-corrected chi connectivity index (χ0v) is 15.4. The van der Waals surface area contributed by atoms with Crippen LogP contribution in [0.4, 0.5) is 5.69 Å². The van der Waals surface area contributed by atoms with Gasteiger partial charge in [0.1, 0.15) is 0 Å². The van der Waals surface area contributed by atoms with Crippen molar-refractivity contribution in [1.29, 1.82) is 0 Å². The molecule has 0 aromatic heterocycles. The number of anilines is 1. The van der Waals surface area contributed by atoms with Gasteiger partial charge in [-0.05, 0) is 37.1 Å². The Kier molecular flexibility index (Phi) is 4.59. The van der Waals surface area contributed by atoms with Gasteiger partial charge in [0, 0.05) is 24.6 Å². The molecule has 1 aliphatic carbocycles. The molecule has 1 aliphatic heterocycles. The average Bonchev–Trinajstić information content (AvgIpc) is 3.20. The number of para-hydroxylation sites is 1. The molecule has 4 rings (SSSR count). The van der Waals surface area contributed by atoms with Gasteiger partial charge in [-0.25, -0.2) is 0 Å². The van der Waals surface area contributed by atoms with Crippen LogP contribution >= 0.6 is 23.2 Å². The molecule has 0 saturated heterocycles. The largest absolute Gasteiger partial charge is 0.481 e. The van der Waals surface area contributed by atoms with Gasteiger partial charge in [0.2, 0.25) is 0 Å². The molecule has 5 nitrogen and oxygen atoms in total. The summed E-state index contributed by atoms with van der Waals surface area (Å²) in [7, 11) is 0. The first-order valence-corrected chi connectivity index (χ1v) is 9.19. The number of hydrogen-bond donors (Lipinski definition) is 1. The number of rotatable bonds is 4. The number of benzene rings is 2. The third-order valence-corrected chi connectivity index (χ3v) is 5.05. The van der Waals surface area contributed by atoms with Gasteiger partial charge >= 0.3 is 0 Å². The van der Waals surface area contributed by atoms with E-state index in [2.05, 4.69) is 5.32 Å². The van der Waals surface area contributed by atoms with Gasteiger partial charge in [-0.1, -0.05) is 29.3 Å². The summed E-state index contributed by atoms with van der Waals surface area (Å²) in [6, 6.07) is 10.4. The molecule has 1 spiro atoms. The molecule has 0 radical (unpaired) electrons. The molecule has 1 N–H and O–H groups in total. The molecular weight excluding hydrogens is 377 g/mol. The Hall–Kier alpha value is -2.11. The molecule has 1 amide bonds. The Labute approximate surface area is 161 Å². The Morgan fingerprint density at radius 2 is 1.77 bits per heavy atom. The van der Waals surface area contributed by atoms with Crippen LogP contribution in [0.25, 0.3) is 0 Å². The van der Waals surface area contributed by atoms with Crippen LogP contribution in [0, 0.1) is 0 Å². The standard InChI is InChI=1S/C19H17Cl2NO4/c20-13-4-3-5-14(21)18(13)24-11-17(23)22-12-6-7-15-16(10-12)26-19(25-15)8-1-2-9-19/h3-7,10H,1-2,8-9,11H2,(H,22,23). The van der Waals surface area contributed by atoms with Crippen molar-refractivity contribution in [2.75, 3.05) is 11.9 Å². The number of hydrogen-bond acceptors (Lipinski definition) is 4. The molecule has 0 bridgehead atoms. The lowest BCUT2D eigenvalue weighted by Gasteiger charge is -2.21. The summed E-state index contributed by atoms with van der Waals surface area (Å²) in [6.07, 6.45) is 3.96. The zero-order valence-electron chi connectivity index (χ0n) is 13.9. The van der Waals surface area contributed by atoms with Crippen LogP contribution in [-0.4, -0.2) is 18.3 Å². The quantitative estimate of drug-likeness (QED) is 0.788. The van der Waals surface area contributed by atoms with Gasteiger partial charge in [-0.2, -0.15) is 0 Å². The molecule has 1 heterocycles. The van der Waals surface area contributed by atoms with Crippen molar-refractivity contribution in [3.63, 3.8) is 0 Å². The van der Waals surface area contributed by atoms with Crippen LogP contribution in [0.5, 0.6) is 17.2 Å². The highest BCUT2D eigenvalue weighted by atomic mass is 35.5. The van der Waals surface area contributed by atoms with Crippen LogP contribution < -0.4 is 19.5 Å². The van der Waals surface area contributed by atoms with E-state index in [0.29, 0.717) is 33.0 Å². The van der Waals surface area contributed by atoms with E-state index >= 15 is 0 Å². The Morgan fingerprint density at radius 3 is 2.50 bits per heavy atom. The second-order valence-electron chi connectivity index (χ2n) is 6.37. The Morgan fingerprint density at radius 1 is 1.08 bits per heavy atom. The van der Waals surface area contributed by atoms with Gasteiger partial charge in [0.15, 0.2) is 23.9 Å². The molecule has 0 unspecified atom stereocenters. The molecule has 136 valence electrons. The second-order valence-corrected chi connectivity index (χ2v) is 7.19. The molecule has 2 aromatic carbocycles. The van der Waals surface area contributed by atoms with Gasteiger partial charge < -0.3 is 19.5 Å². The van der Waals surface area contributed by atoms with Crippen molar-refractivity contribution in [3.8, 4) is 17.2 Å². The lowest BCUT2D eigenvalue weighted by molar-refractivity contribution is -0.118. The smallest absolute Gasteiger partial charge is 0.262 e. The Balaban J connectivity index is 1.38. The number of carbonyl (C=O) groups is 1. The van der Waals surface area contributed by atoms with Crippen LogP contribution in [0.2, 0.25) is 10.0 Å². The summed E-state index contributed by atoms with van der Waals surface area (Å²) < 4.78 is 17.4. The molecular formula is C19H17Cl2NO4. The van der Waals surface area contributed by atoms with E-state index in [0.717, 1.165) is 25.7 Å². The number of nitrogens with one attached hydrogen (secondary N) is 1. The van der Waals surface area contributed by atoms with E-state index in [4.69, 9.17) is 37.4 Å². The van der Waals surface area contributed by atoms with Crippen molar-refractivity contribution in [3.05, 3.63) is 46.4 Å².